The predicted octanol–water partition coefficient (Wildman–Crippen LogP) is 2.13. The molecule has 1 saturated heterocycles. The number of aliphatic imine (C=N–C) groups is 1. The van der Waals surface area contributed by atoms with E-state index < -0.39 is 16.0 Å². The van der Waals surface area contributed by atoms with Crippen LogP contribution in [-0.2, 0) is 14.6 Å². The Balaban J connectivity index is 1.67. The molecule has 10 heteroatoms. The first-order chi connectivity index (χ1) is 14.7. The number of carbonyl (C=O) groups is 1. The molecule has 2 atom stereocenters. The van der Waals surface area contributed by atoms with E-state index in [4.69, 9.17) is 28.8 Å². The molecule has 2 aliphatic rings. The molecule has 2 aromatic carbocycles. The van der Waals surface area contributed by atoms with E-state index in [9.17, 15) is 13.2 Å². The summed E-state index contributed by atoms with van der Waals surface area (Å²) in [5, 5.41) is 6.68. The summed E-state index contributed by atoms with van der Waals surface area (Å²) in [5.74, 6) is -0.140. The van der Waals surface area contributed by atoms with Crippen LogP contribution in [0.4, 0.5) is 5.69 Å². The fourth-order valence-electron chi connectivity index (χ4n) is 3.73. The second-order valence-corrected chi connectivity index (χ2v) is 10.6. The molecule has 4 rings (SSSR count). The van der Waals surface area contributed by atoms with Gasteiger partial charge in [-0.3, -0.25) is 4.79 Å². The van der Waals surface area contributed by atoms with Gasteiger partial charge in [0.15, 0.2) is 14.9 Å². The Labute approximate surface area is 191 Å². The quantitative estimate of drug-likeness (QED) is 0.659. The van der Waals surface area contributed by atoms with Crippen molar-refractivity contribution >= 4 is 56.1 Å². The molecule has 162 valence electrons. The van der Waals surface area contributed by atoms with Crippen molar-refractivity contribution < 1.29 is 13.2 Å². The Kier molecular flexibility index (Phi) is 6.00. The minimum absolute atomic E-state index is 0.0236. The van der Waals surface area contributed by atoms with Gasteiger partial charge < -0.3 is 15.5 Å². The van der Waals surface area contributed by atoms with Gasteiger partial charge in [-0.1, -0.05) is 41.9 Å². The van der Waals surface area contributed by atoms with Crippen molar-refractivity contribution in [2.75, 3.05) is 23.5 Å². The summed E-state index contributed by atoms with van der Waals surface area (Å²) in [6, 6.07) is 14.5. The van der Waals surface area contributed by atoms with Crippen molar-refractivity contribution in [1.82, 2.24) is 10.6 Å². The lowest BCUT2D eigenvalue weighted by Gasteiger charge is -2.23. The van der Waals surface area contributed by atoms with E-state index in [0.29, 0.717) is 22.8 Å². The Hall–Kier alpha value is -2.49. The molecule has 7 nitrogen and oxygen atoms in total. The van der Waals surface area contributed by atoms with Gasteiger partial charge in [-0.25, -0.2) is 13.4 Å². The average molecular weight is 477 g/mol. The molecule has 2 heterocycles. The lowest BCUT2D eigenvalue weighted by molar-refractivity contribution is -0.119. The number of halogens is 1. The third kappa shape index (κ3) is 4.73. The van der Waals surface area contributed by atoms with Crippen molar-refractivity contribution in [2.45, 2.75) is 18.6 Å². The molecule has 2 aromatic rings. The number of nitrogens with zero attached hydrogens (tertiary/aromatic N) is 2. The van der Waals surface area contributed by atoms with Gasteiger partial charge in [0, 0.05) is 29.2 Å². The number of hydrogen-bond acceptors (Lipinski definition) is 5. The van der Waals surface area contributed by atoms with Crippen molar-refractivity contribution in [3.63, 3.8) is 0 Å². The van der Waals surface area contributed by atoms with Crippen LogP contribution in [0.15, 0.2) is 53.5 Å². The first kappa shape index (κ1) is 21.7. The number of nitrogens with one attached hydrogen (secondary N) is 2. The number of anilines is 1. The van der Waals surface area contributed by atoms with Crippen LogP contribution in [0, 0.1) is 0 Å². The van der Waals surface area contributed by atoms with Crippen LogP contribution in [0.2, 0.25) is 5.02 Å². The molecule has 0 saturated carbocycles. The number of hydrogen-bond donors (Lipinski definition) is 2. The van der Waals surface area contributed by atoms with Crippen LogP contribution in [0.1, 0.15) is 17.5 Å². The highest BCUT2D eigenvalue weighted by Crippen LogP contribution is 2.29. The Morgan fingerprint density at radius 3 is 2.61 bits per heavy atom. The van der Waals surface area contributed by atoms with Gasteiger partial charge in [-0.2, -0.15) is 0 Å². The number of benzodiazepines with no additional fused rings is 1. The maximum absolute atomic E-state index is 13.2. The molecular weight excluding hydrogens is 456 g/mol. The highest BCUT2D eigenvalue weighted by molar-refractivity contribution is 7.91. The first-order valence-electron chi connectivity index (χ1n) is 9.72. The third-order valence-electron chi connectivity index (χ3n) is 5.28. The number of rotatable bonds is 3. The van der Waals surface area contributed by atoms with E-state index in [1.807, 2.05) is 30.3 Å². The van der Waals surface area contributed by atoms with E-state index in [-0.39, 0.29) is 28.6 Å². The summed E-state index contributed by atoms with van der Waals surface area (Å²) in [6.07, 6.45) is -0.505. The zero-order valence-corrected chi connectivity index (χ0v) is 19.1. The minimum atomic E-state index is -3.05. The number of sulfone groups is 1. The number of amides is 1. The minimum Gasteiger partial charge on any atom is -0.359 e. The van der Waals surface area contributed by atoms with Crippen LogP contribution in [0.5, 0.6) is 0 Å². The monoisotopic (exact) mass is 476 g/mol. The summed E-state index contributed by atoms with van der Waals surface area (Å²) in [7, 11) is -1.38. The highest BCUT2D eigenvalue weighted by atomic mass is 35.5. The van der Waals surface area contributed by atoms with Crippen LogP contribution < -0.4 is 15.5 Å². The molecule has 2 N–H and O–H groups in total. The van der Waals surface area contributed by atoms with E-state index in [1.54, 1.807) is 25.2 Å². The van der Waals surface area contributed by atoms with E-state index in [0.717, 1.165) is 11.1 Å². The molecule has 1 amide bonds. The lowest BCUT2D eigenvalue weighted by atomic mass is 10.0. The molecule has 31 heavy (non-hydrogen) atoms. The zero-order valence-electron chi connectivity index (χ0n) is 16.7. The lowest BCUT2D eigenvalue weighted by Crippen LogP contribution is -2.51. The predicted molar refractivity (Wildman–Crippen MR) is 127 cm³/mol. The smallest absolute Gasteiger partial charge is 0.272 e. The molecule has 0 radical (unpaired) electrons. The van der Waals surface area contributed by atoms with Crippen LogP contribution >= 0.6 is 23.8 Å². The van der Waals surface area contributed by atoms with E-state index in [2.05, 4.69) is 10.6 Å². The molecule has 0 spiro atoms. The molecule has 2 unspecified atom stereocenters. The molecule has 1 fully saturated rings. The fourth-order valence-corrected chi connectivity index (χ4v) is 5.85. The highest BCUT2D eigenvalue weighted by Gasteiger charge is 2.32. The topological polar surface area (TPSA) is 90.9 Å². The summed E-state index contributed by atoms with van der Waals surface area (Å²) >= 11 is 11.6. The number of benzene rings is 2. The van der Waals surface area contributed by atoms with E-state index >= 15 is 0 Å². The van der Waals surface area contributed by atoms with Crippen molar-refractivity contribution in [3.05, 3.63) is 64.7 Å². The van der Waals surface area contributed by atoms with Crippen molar-refractivity contribution in [1.29, 1.82) is 0 Å². The van der Waals surface area contributed by atoms with Gasteiger partial charge in [0.25, 0.3) is 5.91 Å². The second-order valence-electron chi connectivity index (χ2n) is 7.52. The average Bonchev–Trinajstić information content (AvgIpc) is 3.04. The number of fused-ring (bicyclic) bond motifs is 1. The Morgan fingerprint density at radius 1 is 1.19 bits per heavy atom. The summed E-state index contributed by atoms with van der Waals surface area (Å²) < 4.78 is 23.4. The number of carbonyl (C=O) groups excluding carboxylic acids is 1. The Morgan fingerprint density at radius 2 is 1.94 bits per heavy atom. The first-order valence-corrected chi connectivity index (χ1v) is 12.3. The van der Waals surface area contributed by atoms with Gasteiger partial charge in [0.1, 0.15) is 0 Å². The second kappa shape index (κ2) is 8.57. The van der Waals surface area contributed by atoms with E-state index in [1.165, 1.54) is 4.90 Å². The molecule has 0 aliphatic carbocycles. The molecule has 2 aliphatic heterocycles. The van der Waals surface area contributed by atoms with Crippen LogP contribution in [0.3, 0.4) is 0 Å². The summed E-state index contributed by atoms with van der Waals surface area (Å²) in [5.41, 5.74) is 2.86. The van der Waals surface area contributed by atoms with Crippen LogP contribution in [0.25, 0.3) is 0 Å². The molecule has 0 bridgehead atoms. The largest absolute Gasteiger partial charge is 0.359 e. The SMILES string of the molecule is CN1C(=O)C(NC(=S)NC2CCS(=O)(=O)C2)N=C(c2ccccc2)c2cc(Cl)ccc21. The van der Waals surface area contributed by atoms with Gasteiger partial charge in [-0.05, 0) is 36.8 Å². The molecule has 0 aromatic heterocycles. The van der Waals surface area contributed by atoms with Crippen LogP contribution in [-0.4, -0.2) is 55.9 Å². The van der Waals surface area contributed by atoms with Crippen molar-refractivity contribution in [2.24, 2.45) is 4.99 Å². The Bertz CT molecular complexity index is 1170. The third-order valence-corrected chi connectivity index (χ3v) is 7.52. The normalized spacial score (nSPS) is 22.3. The van der Waals surface area contributed by atoms with Gasteiger partial charge in [0.2, 0.25) is 6.17 Å². The number of thiocarbonyl (C=S) groups is 1. The van der Waals surface area contributed by atoms with Gasteiger partial charge in [0.05, 0.1) is 22.9 Å². The maximum Gasteiger partial charge on any atom is 0.272 e. The molecular formula is C21H21ClN4O3S2. The van der Waals surface area contributed by atoms with Crippen molar-refractivity contribution in [3.8, 4) is 0 Å². The summed E-state index contributed by atoms with van der Waals surface area (Å²) in [6.45, 7) is 0. The summed E-state index contributed by atoms with van der Waals surface area (Å²) in [4.78, 5) is 19.4. The standard InChI is InChI=1S/C21H21ClN4O3S2/c1-26-17-8-7-14(22)11-16(17)18(13-5-3-2-4-6-13)24-19(20(26)27)25-21(30)23-15-9-10-31(28,29)12-15/h2-8,11,15,19H,9-10,12H2,1H3,(H2,23,25,30). The zero-order chi connectivity index (χ0) is 22.2. The van der Waals surface area contributed by atoms with Gasteiger partial charge >= 0.3 is 0 Å². The maximum atomic E-state index is 13.2. The van der Waals surface area contributed by atoms with Gasteiger partial charge in [-0.15, -0.1) is 0 Å². The number of likely N-dealkylation sites (N-methyl/N-ethyl adjacent to an activating group) is 1. The fraction of sp³-hybridized carbons (Fsp3) is 0.286.